The molecule has 1 heterocycles. The molecule has 1 aromatic heterocycles. The monoisotopic (exact) mass is 209 g/mol. The molecule has 0 aliphatic heterocycles. The van der Waals surface area contributed by atoms with E-state index in [9.17, 15) is 0 Å². The van der Waals surface area contributed by atoms with Gasteiger partial charge in [0, 0.05) is 7.11 Å². The predicted octanol–water partition coefficient (Wildman–Crippen LogP) is 2.62. The van der Waals surface area contributed by atoms with E-state index in [1.165, 1.54) is 25.7 Å². The standard InChI is InChI=1S/C12H19NO2/c1-14-8-10-6-7-11(15-10)12(13)9-4-2-3-5-9/h6-7,9,12H,2-5,8,13H2,1H3. The lowest BCUT2D eigenvalue weighted by molar-refractivity contribution is 0.161. The van der Waals surface area contributed by atoms with E-state index in [0.29, 0.717) is 12.5 Å². The first-order valence-corrected chi connectivity index (χ1v) is 5.64. The summed E-state index contributed by atoms with van der Waals surface area (Å²) < 4.78 is 10.7. The van der Waals surface area contributed by atoms with Gasteiger partial charge in [0.25, 0.3) is 0 Å². The third kappa shape index (κ3) is 2.41. The molecular weight excluding hydrogens is 190 g/mol. The number of nitrogens with two attached hydrogens (primary N) is 1. The van der Waals surface area contributed by atoms with Gasteiger partial charge in [-0.3, -0.25) is 0 Å². The number of hydrogen-bond donors (Lipinski definition) is 1. The maximum atomic E-state index is 6.18. The van der Waals surface area contributed by atoms with Crippen molar-refractivity contribution in [3.8, 4) is 0 Å². The second kappa shape index (κ2) is 4.81. The molecule has 1 atom stereocenters. The predicted molar refractivity (Wildman–Crippen MR) is 58.3 cm³/mol. The third-order valence-electron chi connectivity index (χ3n) is 3.21. The molecule has 1 aromatic rings. The minimum absolute atomic E-state index is 0.0677. The van der Waals surface area contributed by atoms with Crippen molar-refractivity contribution < 1.29 is 9.15 Å². The molecule has 0 amide bonds. The van der Waals surface area contributed by atoms with E-state index in [-0.39, 0.29) is 6.04 Å². The van der Waals surface area contributed by atoms with Gasteiger partial charge in [-0.05, 0) is 30.9 Å². The fourth-order valence-corrected chi connectivity index (χ4v) is 2.34. The zero-order valence-corrected chi connectivity index (χ0v) is 9.24. The summed E-state index contributed by atoms with van der Waals surface area (Å²) in [5.41, 5.74) is 6.18. The Kier molecular flexibility index (Phi) is 3.44. The minimum atomic E-state index is 0.0677. The summed E-state index contributed by atoms with van der Waals surface area (Å²) in [6.07, 6.45) is 5.09. The summed E-state index contributed by atoms with van der Waals surface area (Å²) in [5, 5.41) is 0. The highest BCUT2D eigenvalue weighted by molar-refractivity contribution is 5.11. The molecule has 2 N–H and O–H groups in total. The van der Waals surface area contributed by atoms with E-state index < -0.39 is 0 Å². The SMILES string of the molecule is COCc1ccc(C(N)C2CCCC2)o1. The maximum Gasteiger partial charge on any atom is 0.129 e. The summed E-state index contributed by atoms with van der Waals surface area (Å²) in [6, 6.07) is 4.00. The van der Waals surface area contributed by atoms with E-state index >= 15 is 0 Å². The molecule has 1 unspecified atom stereocenters. The first-order valence-electron chi connectivity index (χ1n) is 5.64. The van der Waals surface area contributed by atoms with Gasteiger partial charge in [-0.1, -0.05) is 12.8 Å². The Hall–Kier alpha value is -0.800. The highest BCUT2D eigenvalue weighted by atomic mass is 16.5. The molecular formula is C12H19NO2. The van der Waals surface area contributed by atoms with Gasteiger partial charge in [0.1, 0.15) is 18.1 Å². The molecule has 3 heteroatoms. The lowest BCUT2D eigenvalue weighted by atomic mass is 9.97. The molecule has 84 valence electrons. The number of methoxy groups -OCH3 is 1. The van der Waals surface area contributed by atoms with E-state index in [2.05, 4.69) is 0 Å². The molecule has 1 fully saturated rings. The molecule has 3 nitrogen and oxygen atoms in total. The van der Waals surface area contributed by atoms with Crippen LogP contribution in [0.4, 0.5) is 0 Å². The lowest BCUT2D eigenvalue weighted by Crippen LogP contribution is -2.18. The third-order valence-corrected chi connectivity index (χ3v) is 3.21. The summed E-state index contributed by atoms with van der Waals surface area (Å²) >= 11 is 0. The zero-order valence-electron chi connectivity index (χ0n) is 9.24. The Balaban J connectivity index is 2.00. The summed E-state index contributed by atoms with van der Waals surface area (Å²) in [7, 11) is 1.67. The zero-order chi connectivity index (χ0) is 10.7. The van der Waals surface area contributed by atoms with Gasteiger partial charge in [-0.25, -0.2) is 0 Å². The van der Waals surface area contributed by atoms with E-state index in [4.69, 9.17) is 14.9 Å². The molecule has 0 saturated heterocycles. The van der Waals surface area contributed by atoms with Gasteiger partial charge in [-0.2, -0.15) is 0 Å². The molecule has 0 bridgehead atoms. The second-order valence-electron chi connectivity index (χ2n) is 4.31. The average Bonchev–Trinajstić information content (AvgIpc) is 2.87. The Morgan fingerprint density at radius 1 is 1.47 bits per heavy atom. The van der Waals surface area contributed by atoms with Crippen LogP contribution in [0.25, 0.3) is 0 Å². The highest BCUT2D eigenvalue weighted by Crippen LogP contribution is 2.34. The molecule has 1 saturated carbocycles. The van der Waals surface area contributed by atoms with Crippen molar-refractivity contribution in [1.29, 1.82) is 0 Å². The van der Waals surface area contributed by atoms with Gasteiger partial charge in [-0.15, -0.1) is 0 Å². The van der Waals surface area contributed by atoms with E-state index in [1.54, 1.807) is 7.11 Å². The van der Waals surface area contributed by atoms with Crippen molar-refractivity contribution in [2.45, 2.75) is 38.3 Å². The van der Waals surface area contributed by atoms with Gasteiger partial charge in [0.15, 0.2) is 0 Å². The van der Waals surface area contributed by atoms with Gasteiger partial charge >= 0.3 is 0 Å². The minimum Gasteiger partial charge on any atom is -0.462 e. The number of ether oxygens (including phenoxy) is 1. The van der Waals surface area contributed by atoms with Gasteiger partial charge in [0.05, 0.1) is 6.04 Å². The molecule has 15 heavy (non-hydrogen) atoms. The van der Waals surface area contributed by atoms with Crippen LogP contribution in [-0.2, 0) is 11.3 Å². The molecule has 1 aliphatic rings. The fourth-order valence-electron chi connectivity index (χ4n) is 2.34. The Labute approximate surface area is 90.6 Å². The van der Waals surface area contributed by atoms with Crippen molar-refractivity contribution in [3.63, 3.8) is 0 Å². The summed E-state index contributed by atoms with van der Waals surface area (Å²) in [4.78, 5) is 0. The van der Waals surface area contributed by atoms with Crippen LogP contribution in [-0.4, -0.2) is 7.11 Å². The van der Waals surface area contributed by atoms with Crippen LogP contribution >= 0.6 is 0 Å². The Bertz CT molecular complexity index is 302. The van der Waals surface area contributed by atoms with Crippen LogP contribution < -0.4 is 5.73 Å². The average molecular weight is 209 g/mol. The summed E-state index contributed by atoms with van der Waals surface area (Å²) in [6.45, 7) is 0.525. The lowest BCUT2D eigenvalue weighted by Gasteiger charge is -2.15. The van der Waals surface area contributed by atoms with Crippen LogP contribution in [0.3, 0.4) is 0 Å². The topological polar surface area (TPSA) is 48.4 Å². The molecule has 0 radical (unpaired) electrons. The maximum absolute atomic E-state index is 6.18. The van der Waals surface area contributed by atoms with Crippen molar-refractivity contribution >= 4 is 0 Å². The van der Waals surface area contributed by atoms with Crippen LogP contribution in [0.1, 0.15) is 43.2 Å². The fraction of sp³-hybridized carbons (Fsp3) is 0.667. The molecule has 0 spiro atoms. The van der Waals surface area contributed by atoms with Crippen LogP contribution in [0, 0.1) is 5.92 Å². The second-order valence-corrected chi connectivity index (χ2v) is 4.31. The smallest absolute Gasteiger partial charge is 0.129 e. The quantitative estimate of drug-likeness (QED) is 0.829. The Morgan fingerprint density at radius 3 is 2.87 bits per heavy atom. The largest absolute Gasteiger partial charge is 0.462 e. The van der Waals surface area contributed by atoms with Crippen molar-refractivity contribution in [2.75, 3.05) is 7.11 Å². The van der Waals surface area contributed by atoms with Crippen molar-refractivity contribution in [3.05, 3.63) is 23.7 Å². The van der Waals surface area contributed by atoms with Gasteiger partial charge < -0.3 is 14.9 Å². The first kappa shape index (κ1) is 10.7. The van der Waals surface area contributed by atoms with Gasteiger partial charge in [0.2, 0.25) is 0 Å². The normalized spacial score (nSPS) is 19.6. The van der Waals surface area contributed by atoms with E-state index in [1.807, 2.05) is 12.1 Å². The Morgan fingerprint density at radius 2 is 2.20 bits per heavy atom. The number of rotatable bonds is 4. The molecule has 2 rings (SSSR count). The van der Waals surface area contributed by atoms with E-state index in [0.717, 1.165) is 11.5 Å². The van der Waals surface area contributed by atoms with Crippen molar-refractivity contribution in [1.82, 2.24) is 0 Å². The number of hydrogen-bond acceptors (Lipinski definition) is 3. The van der Waals surface area contributed by atoms with Crippen LogP contribution in [0.5, 0.6) is 0 Å². The first-order chi connectivity index (χ1) is 7.31. The molecule has 1 aliphatic carbocycles. The van der Waals surface area contributed by atoms with Crippen molar-refractivity contribution in [2.24, 2.45) is 11.7 Å². The highest BCUT2D eigenvalue weighted by Gasteiger charge is 2.25. The van der Waals surface area contributed by atoms with Crippen LogP contribution in [0.2, 0.25) is 0 Å². The summed E-state index contributed by atoms with van der Waals surface area (Å²) in [5.74, 6) is 2.38. The number of furan rings is 1. The van der Waals surface area contributed by atoms with Crippen LogP contribution in [0.15, 0.2) is 16.5 Å². The molecule has 0 aromatic carbocycles.